The van der Waals surface area contributed by atoms with Crippen molar-refractivity contribution in [3.8, 4) is 45.6 Å². The molecular formula is C40H36O10. The maximum atomic E-state index is 11.6. The van der Waals surface area contributed by atoms with Crippen molar-refractivity contribution in [1.82, 2.24) is 0 Å². The van der Waals surface area contributed by atoms with Crippen LogP contribution in [0.4, 0.5) is 0 Å². The molecule has 10 heteroatoms. The van der Waals surface area contributed by atoms with E-state index in [1.54, 1.807) is 50.4 Å². The summed E-state index contributed by atoms with van der Waals surface area (Å²) in [6.07, 6.45) is 5.77. The quantitative estimate of drug-likeness (QED) is 0.0414. The smallest absolute Gasteiger partial charge is 0.338 e. The van der Waals surface area contributed by atoms with Crippen molar-refractivity contribution in [2.45, 2.75) is 6.92 Å². The maximum Gasteiger partial charge on any atom is 0.338 e. The van der Waals surface area contributed by atoms with Crippen molar-refractivity contribution in [3.63, 3.8) is 0 Å². The molecule has 0 N–H and O–H groups in total. The van der Waals surface area contributed by atoms with Gasteiger partial charge in [-0.25, -0.2) is 14.4 Å². The van der Waals surface area contributed by atoms with Crippen LogP contribution in [0.5, 0.6) is 34.5 Å². The Hall–Kier alpha value is -6.68. The van der Waals surface area contributed by atoms with Gasteiger partial charge in [-0.1, -0.05) is 62.2 Å². The first kappa shape index (κ1) is 37.8. The lowest BCUT2D eigenvalue weighted by Crippen LogP contribution is -2.11. The lowest BCUT2D eigenvalue weighted by molar-refractivity contribution is -0.131. The summed E-state index contributed by atoms with van der Waals surface area (Å²) in [6, 6.07) is 26.8. The van der Waals surface area contributed by atoms with Gasteiger partial charge in [0, 0.05) is 23.8 Å². The van der Waals surface area contributed by atoms with E-state index in [4.69, 9.17) is 28.4 Å². The Labute approximate surface area is 290 Å². The second-order valence-electron chi connectivity index (χ2n) is 10.0. The molecule has 256 valence electrons. The van der Waals surface area contributed by atoms with Crippen molar-refractivity contribution in [2.75, 3.05) is 20.3 Å². The Morgan fingerprint density at radius 3 is 1.66 bits per heavy atom. The van der Waals surface area contributed by atoms with E-state index >= 15 is 0 Å². The third kappa shape index (κ3) is 12.5. The first-order valence-electron chi connectivity index (χ1n) is 15.1. The van der Waals surface area contributed by atoms with E-state index in [-0.39, 0.29) is 24.7 Å². The molecule has 0 aliphatic rings. The Bertz CT molecular complexity index is 1820. The van der Waals surface area contributed by atoms with E-state index in [9.17, 15) is 19.2 Å². The van der Waals surface area contributed by atoms with Gasteiger partial charge in [0.05, 0.1) is 7.11 Å². The van der Waals surface area contributed by atoms with Gasteiger partial charge >= 0.3 is 17.9 Å². The van der Waals surface area contributed by atoms with Crippen LogP contribution in [0.1, 0.15) is 12.5 Å². The Balaban J connectivity index is 0.000000354. The number of esters is 3. The molecule has 50 heavy (non-hydrogen) atoms. The molecule has 0 aliphatic heterocycles. The number of allylic oxidation sites excluding steroid dienone is 1. The maximum absolute atomic E-state index is 11.6. The summed E-state index contributed by atoms with van der Waals surface area (Å²) in [6.45, 7) is 12.3. The highest BCUT2D eigenvalue weighted by Gasteiger charge is 2.13. The fourth-order valence-electron chi connectivity index (χ4n) is 3.88. The van der Waals surface area contributed by atoms with Crippen LogP contribution in [0.25, 0.3) is 17.2 Å². The van der Waals surface area contributed by atoms with Gasteiger partial charge in [0.2, 0.25) is 0 Å². The molecule has 10 nitrogen and oxygen atoms in total. The molecule has 0 amide bonds. The van der Waals surface area contributed by atoms with Crippen LogP contribution < -0.4 is 28.4 Å². The van der Waals surface area contributed by atoms with Crippen LogP contribution >= 0.6 is 0 Å². The van der Waals surface area contributed by atoms with E-state index in [0.29, 0.717) is 29.1 Å². The van der Waals surface area contributed by atoms with Crippen LogP contribution in [0.2, 0.25) is 0 Å². The molecule has 0 aromatic heterocycles. The van der Waals surface area contributed by atoms with Gasteiger partial charge < -0.3 is 28.4 Å². The number of benzene rings is 4. The highest BCUT2D eigenvalue weighted by molar-refractivity contribution is 5.89. The predicted molar refractivity (Wildman–Crippen MR) is 190 cm³/mol. The van der Waals surface area contributed by atoms with E-state index < -0.39 is 17.9 Å². The number of ether oxygens (including phenoxy) is 6. The van der Waals surface area contributed by atoms with Crippen molar-refractivity contribution in [3.05, 3.63) is 140 Å². The van der Waals surface area contributed by atoms with Crippen LogP contribution in [0.3, 0.4) is 0 Å². The van der Waals surface area contributed by atoms with Gasteiger partial charge in [-0.15, -0.1) is 0 Å². The molecule has 4 aromatic rings. The van der Waals surface area contributed by atoms with Crippen molar-refractivity contribution >= 4 is 30.3 Å². The molecule has 0 unspecified atom stereocenters. The van der Waals surface area contributed by atoms with Gasteiger partial charge in [0.1, 0.15) is 42.5 Å². The standard InChI is InChI=1S/C27H24O7.C13H12O3/c1-4-26(28)33-24-15-14-23(18-25(24)34-27(29)5-2)32-17-16-31-22-12-8-20(9-13-22)19-6-10-21(30-3)11-7-19;1-10(2)13(15)16-12-7-5-11(6-8-12)4-3-9-14/h4-15,18H,1-2,16-17H2,3H3;3-9H,1H2,2H3/b;4-3+. The first-order valence-corrected chi connectivity index (χ1v) is 15.1. The lowest BCUT2D eigenvalue weighted by atomic mass is 10.1. The van der Waals surface area contributed by atoms with Crippen molar-refractivity contribution in [2.24, 2.45) is 0 Å². The van der Waals surface area contributed by atoms with Crippen LogP contribution in [0.15, 0.2) is 135 Å². The fourth-order valence-corrected chi connectivity index (χ4v) is 3.88. The summed E-state index contributed by atoms with van der Waals surface area (Å²) < 4.78 is 31.8. The first-order chi connectivity index (χ1) is 24.1. The zero-order chi connectivity index (χ0) is 36.3. The van der Waals surface area contributed by atoms with Gasteiger partial charge in [-0.2, -0.15) is 0 Å². The van der Waals surface area contributed by atoms with Gasteiger partial charge in [0.15, 0.2) is 11.5 Å². The van der Waals surface area contributed by atoms with E-state index in [0.717, 1.165) is 34.6 Å². The summed E-state index contributed by atoms with van der Waals surface area (Å²) in [5, 5.41) is 0. The topological polar surface area (TPSA) is 124 Å². The monoisotopic (exact) mass is 676 g/mol. The predicted octanol–water partition coefficient (Wildman–Crippen LogP) is 7.38. The summed E-state index contributed by atoms with van der Waals surface area (Å²) in [7, 11) is 1.64. The molecule has 0 spiro atoms. The number of carbonyl (C=O) groups excluding carboxylic acids is 4. The molecule has 0 saturated carbocycles. The molecule has 4 aromatic carbocycles. The minimum Gasteiger partial charge on any atom is -0.497 e. The van der Waals surface area contributed by atoms with Gasteiger partial charge in [0.25, 0.3) is 0 Å². The summed E-state index contributed by atoms with van der Waals surface area (Å²) in [5.41, 5.74) is 3.35. The van der Waals surface area contributed by atoms with E-state index in [1.807, 2.05) is 48.5 Å². The number of carbonyl (C=O) groups is 4. The van der Waals surface area contributed by atoms with Crippen molar-refractivity contribution < 1.29 is 47.6 Å². The average molecular weight is 677 g/mol. The van der Waals surface area contributed by atoms with Crippen LogP contribution in [-0.4, -0.2) is 44.5 Å². The highest BCUT2D eigenvalue weighted by Crippen LogP contribution is 2.32. The highest BCUT2D eigenvalue weighted by atomic mass is 16.6. The lowest BCUT2D eigenvalue weighted by Gasteiger charge is -2.12. The van der Waals surface area contributed by atoms with Crippen LogP contribution in [-0.2, 0) is 19.2 Å². The number of hydrogen-bond donors (Lipinski definition) is 0. The number of hydrogen-bond acceptors (Lipinski definition) is 10. The molecule has 0 fully saturated rings. The molecule has 0 bridgehead atoms. The Kier molecular flexibility index (Phi) is 15.0. The molecule has 0 radical (unpaired) electrons. The zero-order valence-electron chi connectivity index (χ0n) is 27.7. The number of aldehydes is 1. The Morgan fingerprint density at radius 2 is 1.14 bits per heavy atom. The minimum absolute atomic E-state index is 0.0210. The normalized spacial score (nSPS) is 10.0. The third-order valence-corrected chi connectivity index (χ3v) is 6.37. The van der Waals surface area contributed by atoms with Crippen LogP contribution in [0, 0.1) is 0 Å². The summed E-state index contributed by atoms with van der Waals surface area (Å²) in [5.74, 6) is 0.616. The number of methoxy groups -OCH3 is 1. The van der Waals surface area contributed by atoms with E-state index in [1.165, 1.54) is 18.2 Å². The third-order valence-electron chi connectivity index (χ3n) is 6.37. The largest absolute Gasteiger partial charge is 0.497 e. The molecule has 0 saturated heterocycles. The molecule has 4 rings (SSSR count). The summed E-state index contributed by atoms with van der Waals surface area (Å²) in [4.78, 5) is 44.4. The summed E-state index contributed by atoms with van der Waals surface area (Å²) >= 11 is 0. The molecular weight excluding hydrogens is 640 g/mol. The van der Waals surface area contributed by atoms with Gasteiger partial charge in [-0.05, 0) is 78.2 Å². The fraction of sp³-hybridized carbons (Fsp3) is 0.100. The van der Waals surface area contributed by atoms with E-state index in [2.05, 4.69) is 19.7 Å². The zero-order valence-corrected chi connectivity index (χ0v) is 27.7. The average Bonchev–Trinajstić information content (AvgIpc) is 3.14. The molecule has 0 atom stereocenters. The Morgan fingerprint density at radius 1 is 0.640 bits per heavy atom. The number of rotatable bonds is 15. The SMILES string of the molecule is C=C(C)C(=O)Oc1ccc(/C=C/C=O)cc1.C=CC(=O)Oc1ccc(OCCOc2ccc(-c3ccc(OC)cc3)cc2)cc1OC(=O)C=C. The molecule has 0 aliphatic carbocycles. The van der Waals surface area contributed by atoms with Crippen molar-refractivity contribution in [1.29, 1.82) is 0 Å². The second kappa shape index (κ2) is 19.9. The minimum atomic E-state index is -0.700. The molecule has 0 heterocycles. The second-order valence-corrected chi connectivity index (χ2v) is 10.0. The van der Waals surface area contributed by atoms with Gasteiger partial charge in [-0.3, -0.25) is 4.79 Å².